The van der Waals surface area contributed by atoms with Crippen LogP contribution in [-0.4, -0.2) is 16.7 Å². The molecule has 0 saturated carbocycles. The van der Waals surface area contributed by atoms with E-state index in [0.29, 0.717) is 0 Å². The second-order valence-electron chi connectivity index (χ2n) is 1.94. The summed E-state index contributed by atoms with van der Waals surface area (Å²) in [5.74, 6) is -1.38. The number of nitrogens with zero attached hydrogens (tertiary/aromatic N) is 3. The average molecular weight is 152 g/mol. The monoisotopic (exact) mass is 152 g/mol. The molecule has 0 aromatic heterocycles. The van der Waals surface area contributed by atoms with Crippen molar-refractivity contribution in [3.8, 4) is 6.07 Å². The largest absolute Gasteiger partial charge is 0.478 e. The van der Waals surface area contributed by atoms with Crippen LogP contribution in [0.15, 0.2) is 22.0 Å². The molecule has 0 amide bonds. The molecular formula is C5H4N4O2. The molecule has 3 N–H and O–H groups in total. The Balaban J connectivity index is 3.08. The summed E-state index contributed by atoms with van der Waals surface area (Å²) in [6.07, 6.45) is 1.04. The van der Waals surface area contributed by atoms with E-state index in [0.717, 1.165) is 6.20 Å². The highest BCUT2D eigenvalue weighted by Gasteiger charge is 2.41. The van der Waals surface area contributed by atoms with Crippen molar-refractivity contribution in [3.05, 3.63) is 11.8 Å². The molecule has 6 heteroatoms. The van der Waals surface area contributed by atoms with Gasteiger partial charge in [0.2, 0.25) is 0 Å². The first-order valence-corrected chi connectivity index (χ1v) is 2.66. The normalized spacial score (nSPS) is 27.8. The van der Waals surface area contributed by atoms with Crippen LogP contribution in [0.2, 0.25) is 0 Å². The standard InChI is InChI=1S/C5H4N4O2/c6-1-3-2-8-9-5(3,7)4(10)11/h2H,7H2,(H,10,11). The smallest absolute Gasteiger partial charge is 0.354 e. The lowest BCUT2D eigenvalue weighted by atomic mass is 10.1. The van der Waals surface area contributed by atoms with Crippen molar-refractivity contribution in [2.75, 3.05) is 0 Å². The van der Waals surface area contributed by atoms with Crippen molar-refractivity contribution >= 4 is 5.97 Å². The second-order valence-corrected chi connectivity index (χ2v) is 1.94. The fraction of sp³-hybridized carbons (Fsp3) is 0.200. The molecule has 56 valence electrons. The number of carbonyl (C=O) groups is 1. The second kappa shape index (κ2) is 2.14. The molecule has 0 bridgehead atoms. The summed E-state index contributed by atoms with van der Waals surface area (Å²) in [6.45, 7) is 0. The topological polar surface area (TPSA) is 112 Å². The van der Waals surface area contributed by atoms with Gasteiger partial charge in [-0.1, -0.05) is 0 Å². The highest BCUT2D eigenvalue weighted by atomic mass is 16.4. The molecule has 1 heterocycles. The van der Waals surface area contributed by atoms with Gasteiger partial charge in [-0.3, -0.25) is 5.73 Å². The van der Waals surface area contributed by atoms with Gasteiger partial charge in [-0.05, 0) is 0 Å². The summed E-state index contributed by atoms with van der Waals surface area (Å²) in [5.41, 5.74) is 3.08. The molecule has 11 heavy (non-hydrogen) atoms. The summed E-state index contributed by atoms with van der Waals surface area (Å²) in [5, 5.41) is 23.3. The zero-order valence-corrected chi connectivity index (χ0v) is 5.35. The van der Waals surface area contributed by atoms with Crippen LogP contribution in [0.5, 0.6) is 0 Å². The Morgan fingerprint density at radius 3 is 2.91 bits per heavy atom. The minimum atomic E-state index is -1.96. The predicted octanol–water partition coefficient (Wildman–Crippen LogP) is -0.401. The Labute approximate surface area is 61.6 Å². The van der Waals surface area contributed by atoms with Crippen LogP contribution in [0.4, 0.5) is 0 Å². The van der Waals surface area contributed by atoms with E-state index in [1.807, 2.05) is 0 Å². The van der Waals surface area contributed by atoms with Gasteiger partial charge >= 0.3 is 5.97 Å². The maximum Gasteiger partial charge on any atom is 0.354 e. The first kappa shape index (κ1) is 7.37. The summed E-state index contributed by atoms with van der Waals surface area (Å²) in [7, 11) is 0. The van der Waals surface area contributed by atoms with Gasteiger partial charge in [0.25, 0.3) is 5.66 Å². The summed E-state index contributed by atoms with van der Waals surface area (Å²) in [4.78, 5) is 10.4. The molecule has 0 fully saturated rings. The average Bonchev–Trinajstić information content (AvgIpc) is 2.32. The van der Waals surface area contributed by atoms with Gasteiger partial charge in [0.05, 0.1) is 6.20 Å². The Bertz CT molecular complexity index is 300. The van der Waals surface area contributed by atoms with Crippen molar-refractivity contribution in [3.63, 3.8) is 0 Å². The number of nitriles is 1. The Kier molecular flexibility index (Phi) is 1.43. The van der Waals surface area contributed by atoms with Crippen LogP contribution in [0.25, 0.3) is 0 Å². The van der Waals surface area contributed by atoms with Crippen LogP contribution >= 0.6 is 0 Å². The van der Waals surface area contributed by atoms with Crippen LogP contribution in [0, 0.1) is 11.3 Å². The number of carboxylic acids is 1. The lowest BCUT2D eigenvalue weighted by Crippen LogP contribution is -2.46. The van der Waals surface area contributed by atoms with E-state index in [9.17, 15) is 4.79 Å². The molecule has 1 aliphatic heterocycles. The highest BCUT2D eigenvalue weighted by Crippen LogP contribution is 2.21. The number of nitrogens with two attached hydrogens (primary N) is 1. The van der Waals surface area contributed by atoms with E-state index < -0.39 is 11.6 Å². The van der Waals surface area contributed by atoms with Crippen LogP contribution in [-0.2, 0) is 4.79 Å². The Morgan fingerprint density at radius 2 is 2.55 bits per heavy atom. The number of carboxylic acid groups (broad SMARTS) is 1. The molecule has 1 rings (SSSR count). The molecule has 1 unspecified atom stereocenters. The molecule has 0 radical (unpaired) electrons. The van der Waals surface area contributed by atoms with Gasteiger partial charge < -0.3 is 5.11 Å². The third-order valence-electron chi connectivity index (χ3n) is 1.26. The highest BCUT2D eigenvalue weighted by molar-refractivity contribution is 5.84. The zero-order chi connectivity index (χ0) is 8.48. The predicted molar refractivity (Wildman–Crippen MR) is 33.1 cm³/mol. The van der Waals surface area contributed by atoms with Crippen molar-refractivity contribution in [2.24, 2.45) is 16.0 Å². The molecule has 0 aliphatic carbocycles. The SMILES string of the molecule is N#CC1=CN=NC1(N)C(=O)O. The fourth-order valence-corrected chi connectivity index (χ4v) is 0.602. The summed E-state index contributed by atoms with van der Waals surface area (Å²) >= 11 is 0. The molecule has 1 atom stereocenters. The quantitative estimate of drug-likeness (QED) is 0.532. The number of aliphatic carboxylic acids is 1. The molecule has 1 aliphatic rings. The van der Waals surface area contributed by atoms with Crippen LogP contribution in [0.3, 0.4) is 0 Å². The fourth-order valence-electron chi connectivity index (χ4n) is 0.602. The first-order valence-electron chi connectivity index (χ1n) is 2.66. The molecular weight excluding hydrogens is 148 g/mol. The summed E-state index contributed by atoms with van der Waals surface area (Å²) < 4.78 is 0. The van der Waals surface area contributed by atoms with Gasteiger partial charge in [-0.2, -0.15) is 10.4 Å². The van der Waals surface area contributed by atoms with E-state index >= 15 is 0 Å². The van der Waals surface area contributed by atoms with Crippen LogP contribution < -0.4 is 5.73 Å². The minimum absolute atomic E-state index is 0.162. The molecule has 0 spiro atoms. The van der Waals surface area contributed by atoms with Crippen molar-refractivity contribution in [1.82, 2.24) is 0 Å². The zero-order valence-electron chi connectivity index (χ0n) is 5.35. The van der Waals surface area contributed by atoms with Crippen molar-refractivity contribution < 1.29 is 9.90 Å². The lowest BCUT2D eigenvalue weighted by Gasteiger charge is -2.11. The van der Waals surface area contributed by atoms with Gasteiger partial charge in [0, 0.05) is 0 Å². The van der Waals surface area contributed by atoms with E-state index in [4.69, 9.17) is 16.1 Å². The van der Waals surface area contributed by atoms with E-state index in [1.165, 1.54) is 0 Å². The Morgan fingerprint density at radius 1 is 1.91 bits per heavy atom. The van der Waals surface area contributed by atoms with E-state index in [-0.39, 0.29) is 5.57 Å². The number of hydrogen-bond donors (Lipinski definition) is 2. The van der Waals surface area contributed by atoms with Gasteiger partial charge in [0.1, 0.15) is 11.6 Å². The van der Waals surface area contributed by atoms with E-state index in [2.05, 4.69) is 10.2 Å². The number of hydrogen-bond acceptors (Lipinski definition) is 5. The van der Waals surface area contributed by atoms with Crippen molar-refractivity contribution in [1.29, 1.82) is 5.26 Å². The maximum atomic E-state index is 10.4. The molecule has 0 aromatic carbocycles. The Hall–Kier alpha value is -1.74. The third kappa shape index (κ3) is 0.873. The van der Waals surface area contributed by atoms with Gasteiger partial charge in [-0.25, -0.2) is 4.79 Å². The van der Waals surface area contributed by atoms with Crippen LogP contribution in [0.1, 0.15) is 0 Å². The van der Waals surface area contributed by atoms with Gasteiger partial charge in [-0.15, -0.1) is 5.11 Å². The third-order valence-corrected chi connectivity index (χ3v) is 1.26. The minimum Gasteiger partial charge on any atom is -0.478 e. The number of azo groups is 1. The molecule has 0 saturated heterocycles. The molecule has 0 aromatic rings. The first-order chi connectivity index (χ1) is 5.11. The van der Waals surface area contributed by atoms with Gasteiger partial charge in [0.15, 0.2) is 0 Å². The molecule has 6 nitrogen and oxygen atoms in total. The maximum absolute atomic E-state index is 10.4. The van der Waals surface area contributed by atoms with Crippen molar-refractivity contribution in [2.45, 2.75) is 5.66 Å². The van der Waals surface area contributed by atoms with E-state index in [1.54, 1.807) is 6.07 Å². The lowest BCUT2D eigenvalue weighted by molar-refractivity contribution is -0.141. The summed E-state index contributed by atoms with van der Waals surface area (Å²) in [6, 6.07) is 1.60. The number of rotatable bonds is 1.